The molecule has 3 aromatic rings. The number of imide groups is 1. The van der Waals surface area contributed by atoms with Crippen molar-refractivity contribution >= 4 is 29.9 Å². The van der Waals surface area contributed by atoms with Crippen LogP contribution in [0, 0.1) is 6.92 Å². The van der Waals surface area contributed by atoms with Crippen LogP contribution in [0.25, 0.3) is 12.2 Å². The number of methoxy groups -OCH3 is 4. The Kier molecular flexibility index (Phi) is 8.77. The molecule has 2 amide bonds. The van der Waals surface area contributed by atoms with Crippen molar-refractivity contribution in [1.82, 2.24) is 9.97 Å². The minimum atomic E-state index is -0.614. The molecule has 0 aliphatic heterocycles. The van der Waals surface area contributed by atoms with E-state index in [1.165, 1.54) is 46.8 Å². The topological polar surface area (TPSA) is 100 Å². The van der Waals surface area contributed by atoms with Crippen molar-refractivity contribution in [2.45, 2.75) is 6.92 Å². The van der Waals surface area contributed by atoms with Gasteiger partial charge >= 0.3 is 0 Å². The molecule has 0 aliphatic rings. The number of rotatable bonds is 9. The van der Waals surface area contributed by atoms with Gasteiger partial charge in [-0.25, -0.2) is 14.9 Å². The van der Waals surface area contributed by atoms with Crippen LogP contribution >= 0.6 is 0 Å². The van der Waals surface area contributed by atoms with Crippen molar-refractivity contribution in [3.05, 3.63) is 77.6 Å². The smallest absolute Gasteiger partial charge is 0.260 e. The summed E-state index contributed by atoms with van der Waals surface area (Å²) in [6.45, 7) is 1.75. The number of nitrogens with zero attached hydrogens (tertiary/aromatic N) is 3. The minimum absolute atomic E-state index is 0.0288. The number of carbonyl (C=O) groups excluding carboxylic acids is 2. The average Bonchev–Trinajstić information content (AvgIpc) is 2.90. The van der Waals surface area contributed by atoms with Crippen LogP contribution in [0.4, 0.5) is 5.95 Å². The van der Waals surface area contributed by atoms with Gasteiger partial charge in [-0.15, -0.1) is 0 Å². The first kappa shape index (κ1) is 26.0. The third kappa shape index (κ3) is 6.26. The monoisotopic (exact) mass is 489 g/mol. The molecular formula is C27H27N3O6. The lowest BCUT2D eigenvalue weighted by atomic mass is 10.1. The minimum Gasteiger partial charge on any atom is -0.493 e. The van der Waals surface area contributed by atoms with Gasteiger partial charge in [0.25, 0.3) is 11.8 Å². The maximum absolute atomic E-state index is 13.2. The standard InChI is InChI=1S/C27H27N3O6/c1-18-14-15-28-27(29-18)30(25(31)12-8-19-6-10-21(33-2)23(16-19)35-4)26(32)13-9-20-7-11-22(34-3)24(17-20)36-5/h6-17H,1-5H3. The molecule has 9 nitrogen and oxygen atoms in total. The fraction of sp³-hybridized carbons (Fsp3) is 0.185. The third-order valence-electron chi connectivity index (χ3n) is 5.07. The second kappa shape index (κ2) is 12.2. The summed E-state index contributed by atoms with van der Waals surface area (Å²) in [5.41, 5.74) is 1.97. The van der Waals surface area contributed by atoms with Gasteiger partial charge in [0.1, 0.15) is 0 Å². The highest BCUT2D eigenvalue weighted by molar-refractivity contribution is 6.22. The lowest BCUT2D eigenvalue weighted by Gasteiger charge is -2.16. The van der Waals surface area contributed by atoms with E-state index in [9.17, 15) is 9.59 Å². The molecule has 186 valence electrons. The fourth-order valence-electron chi connectivity index (χ4n) is 3.25. The van der Waals surface area contributed by atoms with Crippen molar-refractivity contribution in [2.75, 3.05) is 33.3 Å². The molecule has 3 rings (SSSR count). The van der Waals surface area contributed by atoms with Crippen LogP contribution in [0.1, 0.15) is 16.8 Å². The molecule has 0 spiro atoms. The first-order valence-electron chi connectivity index (χ1n) is 10.9. The molecule has 36 heavy (non-hydrogen) atoms. The van der Waals surface area contributed by atoms with Crippen LogP contribution in [-0.4, -0.2) is 50.2 Å². The van der Waals surface area contributed by atoms with Gasteiger partial charge in [0.2, 0.25) is 5.95 Å². The second-order valence-electron chi connectivity index (χ2n) is 7.41. The van der Waals surface area contributed by atoms with Crippen LogP contribution in [0.2, 0.25) is 0 Å². The van der Waals surface area contributed by atoms with Crippen molar-refractivity contribution in [3.63, 3.8) is 0 Å². The fourth-order valence-corrected chi connectivity index (χ4v) is 3.25. The zero-order chi connectivity index (χ0) is 26.1. The molecule has 0 radical (unpaired) electrons. The quantitative estimate of drug-likeness (QED) is 0.414. The lowest BCUT2D eigenvalue weighted by molar-refractivity contribution is -0.121. The number of amides is 2. The third-order valence-corrected chi connectivity index (χ3v) is 5.07. The summed E-state index contributed by atoms with van der Waals surface area (Å²) in [6, 6.07) is 12.1. The van der Waals surface area contributed by atoms with Crippen LogP contribution in [0.3, 0.4) is 0 Å². The van der Waals surface area contributed by atoms with Crippen LogP contribution in [0.5, 0.6) is 23.0 Å². The predicted octanol–water partition coefficient (Wildman–Crippen LogP) is 4.11. The summed E-state index contributed by atoms with van der Waals surface area (Å²) >= 11 is 0. The molecular weight excluding hydrogens is 462 g/mol. The Morgan fingerprint density at radius 1 is 0.722 bits per heavy atom. The van der Waals surface area contributed by atoms with Gasteiger partial charge in [0, 0.05) is 24.0 Å². The molecule has 1 aromatic heterocycles. The number of aryl methyl sites for hydroxylation is 1. The Balaban J connectivity index is 1.90. The highest BCUT2D eigenvalue weighted by Crippen LogP contribution is 2.29. The van der Waals surface area contributed by atoms with Crippen molar-refractivity contribution in [2.24, 2.45) is 0 Å². The summed E-state index contributed by atoms with van der Waals surface area (Å²) in [5, 5.41) is 0. The number of benzene rings is 2. The van der Waals surface area contributed by atoms with E-state index >= 15 is 0 Å². The van der Waals surface area contributed by atoms with E-state index in [1.807, 2.05) is 0 Å². The van der Waals surface area contributed by atoms with E-state index in [1.54, 1.807) is 61.5 Å². The maximum atomic E-state index is 13.2. The van der Waals surface area contributed by atoms with E-state index < -0.39 is 11.8 Å². The zero-order valence-corrected chi connectivity index (χ0v) is 20.7. The highest BCUT2D eigenvalue weighted by atomic mass is 16.5. The summed E-state index contributed by atoms with van der Waals surface area (Å²) in [6.07, 6.45) is 7.17. The van der Waals surface area contributed by atoms with Gasteiger partial charge in [-0.1, -0.05) is 12.1 Å². The van der Waals surface area contributed by atoms with Crippen molar-refractivity contribution < 1.29 is 28.5 Å². The number of aromatic nitrogens is 2. The number of carbonyl (C=O) groups is 2. The second-order valence-corrected chi connectivity index (χ2v) is 7.41. The largest absolute Gasteiger partial charge is 0.493 e. The Labute approximate surface area is 209 Å². The molecule has 0 bridgehead atoms. The van der Waals surface area contributed by atoms with Crippen LogP contribution < -0.4 is 23.8 Å². The van der Waals surface area contributed by atoms with Crippen LogP contribution in [0.15, 0.2) is 60.8 Å². The Morgan fingerprint density at radius 3 is 1.61 bits per heavy atom. The number of ether oxygens (including phenoxy) is 4. The summed E-state index contributed by atoms with van der Waals surface area (Å²) < 4.78 is 21.1. The summed E-state index contributed by atoms with van der Waals surface area (Å²) in [5.74, 6) is 0.894. The SMILES string of the molecule is COc1ccc(C=CC(=O)N(C(=O)C=Cc2ccc(OC)c(OC)c2)c2nccc(C)n2)cc1OC. The molecule has 9 heteroatoms. The Morgan fingerprint density at radius 2 is 1.19 bits per heavy atom. The molecule has 1 heterocycles. The lowest BCUT2D eigenvalue weighted by Crippen LogP contribution is -2.36. The van der Waals surface area contributed by atoms with Gasteiger partial charge in [-0.2, -0.15) is 0 Å². The van der Waals surface area contributed by atoms with Crippen molar-refractivity contribution in [3.8, 4) is 23.0 Å². The van der Waals surface area contributed by atoms with Crippen molar-refractivity contribution in [1.29, 1.82) is 0 Å². The van der Waals surface area contributed by atoms with E-state index in [0.29, 0.717) is 39.8 Å². The first-order valence-corrected chi connectivity index (χ1v) is 10.9. The molecule has 0 fully saturated rings. The predicted molar refractivity (Wildman–Crippen MR) is 136 cm³/mol. The van der Waals surface area contributed by atoms with E-state index in [2.05, 4.69) is 9.97 Å². The van der Waals surface area contributed by atoms with Gasteiger partial charge in [-0.3, -0.25) is 9.59 Å². The van der Waals surface area contributed by atoms with Gasteiger partial charge in [0.05, 0.1) is 28.4 Å². The van der Waals surface area contributed by atoms with E-state index in [0.717, 1.165) is 4.90 Å². The maximum Gasteiger partial charge on any atom is 0.260 e. The molecule has 0 saturated carbocycles. The zero-order valence-electron chi connectivity index (χ0n) is 20.7. The van der Waals surface area contributed by atoms with E-state index in [-0.39, 0.29) is 5.95 Å². The average molecular weight is 490 g/mol. The molecule has 2 aromatic carbocycles. The van der Waals surface area contributed by atoms with Gasteiger partial charge in [-0.05, 0) is 60.5 Å². The van der Waals surface area contributed by atoms with Crippen LogP contribution in [-0.2, 0) is 9.59 Å². The number of hydrogen-bond acceptors (Lipinski definition) is 8. The van der Waals surface area contributed by atoms with Gasteiger partial charge in [0.15, 0.2) is 23.0 Å². The molecule has 0 N–H and O–H groups in total. The first-order chi connectivity index (χ1) is 17.4. The molecule has 0 aliphatic carbocycles. The normalized spacial score (nSPS) is 10.9. The number of anilines is 1. The Hall–Kier alpha value is -4.66. The molecule has 0 saturated heterocycles. The molecule has 0 atom stereocenters. The number of hydrogen-bond donors (Lipinski definition) is 0. The molecule has 0 unspecified atom stereocenters. The summed E-state index contributed by atoms with van der Waals surface area (Å²) in [7, 11) is 6.13. The highest BCUT2D eigenvalue weighted by Gasteiger charge is 2.22. The summed E-state index contributed by atoms with van der Waals surface area (Å²) in [4.78, 5) is 35.6. The van der Waals surface area contributed by atoms with Gasteiger partial charge < -0.3 is 18.9 Å². The Bertz CT molecular complexity index is 1220. The van der Waals surface area contributed by atoms with E-state index in [4.69, 9.17) is 18.9 Å².